The fourth-order valence-electron chi connectivity index (χ4n) is 8.93. The molecule has 0 aliphatic carbocycles. The quantitative estimate of drug-likeness (QED) is 0.0243. The van der Waals surface area contributed by atoms with Gasteiger partial charge in [-0.15, -0.1) is 0 Å². The zero-order valence-electron chi connectivity index (χ0n) is 45.0. The Balaban J connectivity index is 4.18. The lowest BCUT2D eigenvalue weighted by atomic mass is 10.0. The number of likely N-dealkylation sites (N-methyl/N-ethyl adjacent to an activating group) is 1. The normalized spacial score (nSPS) is 14.0. The van der Waals surface area contributed by atoms with Gasteiger partial charge in [0.25, 0.3) is 0 Å². The Kier molecular flexibility index (Phi) is 48.7. The van der Waals surface area contributed by atoms with Gasteiger partial charge in [-0.05, 0) is 19.3 Å². The summed E-state index contributed by atoms with van der Waals surface area (Å²) in [6.07, 6.45) is 60.2. The van der Waals surface area contributed by atoms with Gasteiger partial charge in [0.1, 0.15) is 13.2 Å². The van der Waals surface area contributed by atoms with E-state index in [4.69, 9.17) is 9.05 Å². The predicted molar refractivity (Wildman–Crippen MR) is 286 cm³/mol. The van der Waals surface area contributed by atoms with E-state index in [1.165, 1.54) is 244 Å². The number of phosphoric acid groups is 1. The first-order chi connectivity index (χ1) is 32.0. The van der Waals surface area contributed by atoms with E-state index in [1.807, 2.05) is 27.2 Å². The van der Waals surface area contributed by atoms with Crippen LogP contribution >= 0.6 is 7.82 Å². The standard InChI is InChI=1S/C57H115N2O6P/c1-6-8-10-12-14-16-18-20-22-24-26-28-29-31-33-35-37-39-41-43-45-47-49-51-57(61)58-55(54-65-66(62,63)64-53-52-59(3,4)5)56(60)50-48-46-44-42-40-38-36-34-32-30-27-25-23-21-19-17-15-13-11-9-7-2/h48,50,55-56,60H,6-47,49,51-54H2,1-5H3,(H-,58,61,62,63)/p+1/b50-48+. The first kappa shape index (κ1) is 65.2. The Labute approximate surface area is 412 Å². The molecule has 0 aliphatic rings. The van der Waals surface area contributed by atoms with Crippen LogP contribution in [-0.4, -0.2) is 73.4 Å². The second kappa shape index (κ2) is 49.2. The van der Waals surface area contributed by atoms with Gasteiger partial charge in [0.15, 0.2) is 0 Å². The molecule has 0 saturated carbocycles. The number of nitrogens with one attached hydrogen (secondary N) is 1. The predicted octanol–water partition coefficient (Wildman–Crippen LogP) is 17.4. The molecule has 0 bridgehead atoms. The monoisotopic (exact) mass is 956 g/mol. The highest BCUT2D eigenvalue weighted by Gasteiger charge is 2.27. The summed E-state index contributed by atoms with van der Waals surface area (Å²) in [5, 5.41) is 13.9. The molecule has 0 aromatic heterocycles. The molecule has 0 rings (SSSR count). The van der Waals surface area contributed by atoms with Crippen molar-refractivity contribution in [1.82, 2.24) is 5.32 Å². The number of unbranched alkanes of at least 4 members (excludes halogenated alkanes) is 41. The van der Waals surface area contributed by atoms with E-state index in [0.717, 1.165) is 32.1 Å². The van der Waals surface area contributed by atoms with Crippen molar-refractivity contribution in [1.29, 1.82) is 0 Å². The molecule has 0 aliphatic heterocycles. The van der Waals surface area contributed by atoms with Gasteiger partial charge >= 0.3 is 7.82 Å². The van der Waals surface area contributed by atoms with Crippen molar-refractivity contribution in [2.45, 2.75) is 309 Å². The van der Waals surface area contributed by atoms with E-state index in [1.54, 1.807) is 6.08 Å². The highest BCUT2D eigenvalue weighted by atomic mass is 31.2. The minimum atomic E-state index is -4.34. The maximum absolute atomic E-state index is 13.0. The number of carbonyl (C=O) groups is 1. The van der Waals surface area contributed by atoms with Crippen molar-refractivity contribution in [3.05, 3.63) is 12.2 Å². The number of carbonyl (C=O) groups excluding carboxylic acids is 1. The third-order valence-electron chi connectivity index (χ3n) is 13.5. The Morgan fingerprint density at radius 3 is 1.12 bits per heavy atom. The molecule has 0 aromatic rings. The first-order valence-electron chi connectivity index (χ1n) is 29.1. The van der Waals surface area contributed by atoms with Crippen LogP contribution in [0.25, 0.3) is 0 Å². The molecule has 394 valence electrons. The topological polar surface area (TPSA) is 105 Å². The van der Waals surface area contributed by atoms with Gasteiger partial charge in [0.05, 0.1) is 39.9 Å². The number of amides is 1. The highest BCUT2D eigenvalue weighted by molar-refractivity contribution is 7.47. The smallest absolute Gasteiger partial charge is 0.387 e. The van der Waals surface area contributed by atoms with Crippen LogP contribution in [0.5, 0.6) is 0 Å². The fraction of sp³-hybridized carbons (Fsp3) is 0.947. The summed E-state index contributed by atoms with van der Waals surface area (Å²) in [4.78, 5) is 23.3. The number of allylic oxidation sites excluding steroid dienone is 1. The number of quaternary nitrogens is 1. The van der Waals surface area contributed by atoms with E-state index in [-0.39, 0.29) is 19.1 Å². The molecule has 0 spiro atoms. The van der Waals surface area contributed by atoms with Crippen molar-refractivity contribution < 1.29 is 32.9 Å². The van der Waals surface area contributed by atoms with E-state index >= 15 is 0 Å². The van der Waals surface area contributed by atoms with Crippen LogP contribution in [0.2, 0.25) is 0 Å². The molecule has 0 aromatic carbocycles. The molecular weight excluding hydrogens is 840 g/mol. The van der Waals surface area contributed by atoms with Crippen LogP contribution in [0.15, 0.2) is 12.2 Å². The van der Waals surface area contributed by atoms with Gasteiger partial charge in [0.2, 0.25) is 5.91 Å². The van der Waals surface area contributed by atoms with Gasteiger partial charge in [-0.25, -0.2) is 4.57 Å². The lowest BCUT2D eigenvalue weighted by Gasteiger charge is -2.25. The van der Waals surface area contributed by atoms with Crippen molar-refractivity contribution in [2.75, 3.05) is 40.9 Å². The maximum Gasteiger partial charge on any atom is 0.472 e. The number of phosphoric ester groups is 1. The maximum atomic E-state index is 13.0. The van der Waals surface area contributed by atoms with Gasteiger partial charge in [-0.1, -0.05) is 283 Å². The zero-order valence-corrected chi connectivity index (χ0v) is 45.9. The third-order valence-corrected chi connectivity index (χ3v) is 14.5. The molecule has 1 amide bonds. The van der Waals surface area contributed by atoms with Gasteiger partial charge < -0.3 is 19.8 Å². The average Bonchev–Trinajstić information content (AvgIpc) is 3.28. The molecule has 8 nitrogen and oxygen atoms in total. The first-order valence-corrected chi connectivity index (χ1v) is 30.6. The summed E-state index contributed by atoms with van der Waals surface area (Å²) in [5.74, 6) is -0.169. The second-order valence-corrected chi connectivity index (χ2v) is 22.8. The molecule has 3 N–H and O–H groups in total. The summed E-state index contributed by atoms with van der Waals surface area (Å²) in [6, 6.07) is -0.842. The van der Waals surface area contributed by atoms with E-state index < -0.39 is 20.0 Å². The summed E-state index contributed by atoms with van der Waals surface area (Å²) in [7, 11) is 1.59. The molecule has 0 fully saturated rings. The highest BCUT2D eigenvalue weighted by Crippen LogP contribution is 2.43. The van der Waals surface area contributed by atoms with Crippen molar-refractivity contribution in [3.8, 4) is 0 Å². The van der Waals surface area contributed by atoms with E-state index in [9.17, 15) is 19.4 Å². The molecule has 0 radical (unpaired) electrons. The van der Waals surface area contributed by atoms with Crippen LogP contribution in [0.4, 0.5) is 0 Å². The molecule has 3 atom stereocenters. The Bertz CT molecular complexity index is 1080. The molecular formula is C57H116N2O6P+. The lowest BCUT2D eigenvalue weighted by Crippen LogP contribution is -2.45. The number of aliphatic hydroxyl groups excluding tert-OH is 1. The van der Waals surface area contributed by atoms with Crippen LogP contribution < -0.4 is 5.32 Å². The van der Waals surface area contributed by atoms with Crippen molar-refractivity contribution in [2.24, 2.45) is 0 Å². The largest absolute Gasteiger partial charge is 0.472 e. The zero-order chi connectivity index (χ0) is 48.5. The average molecular weight is 957 g/mol. The molecule has 0 heterocycles. The molecule has 0 saturated heterocycles. The Morgan fingerprint density at radius 1 is 0.500 bits per heavy atom. The van der Waals surface area contributed by atoms with Crippen molar-refractivity contribution in [3.63, 3.8) is 0 Å². The molecule has 66 heavy (non-hydrogen) atoms. The number of aliphatic hydroxyl groups is 1. The SMILES string of the molecule is CCCCCCCCCCCCCCCCCCCCC/C=C/C(O)C(COP(=O)(O)OCC[N+](C)(C)C)NC(=O)CCCCCCCCCCCCCCCCCCCCCCCCC. The van der Waals surface area contributed by atoms with Crippen LogP contribution in [0, 0.1) is 0 Å². The van der Waals surface area contributed by atoms with Crippen LogP contribution in [0.3, 0.4) is 0 Å². The summed E-state index contributed by atoms with van der Waals surface area (Å²) >= 11 is 0. The van der Waals surface area contributed by atoms with Gasteiger partial charge in [-0.3, -0.25) is 13.8 Å². The summed E-state index contributed by atoms with van der Waals surface area (Å²) in [6.45, 7) is 4.87. The Hall–Kier alpha value is -0.760. The second-order valence-electron chi connectivity index (χ2n) is 21.4. The summed E-state index contributed by atoms with van der Waals surface area (Å²) in [5.41, 5.74) is 0. The number of hydrogen-bond acceptors (Lipinski definition) is 5. The number of hydrogen-bond donors (Lipinski definition) is 3. The van der Waals surface area contributed by atoms with Gasteiger partial charge in [0, 0.05) is 6.42 Å². The van der Waals surface area contributed by atoms with Crippen LogP contribution in [-0.2, 0) is 18.4 Å². The molecule has 3 unspecified atom stereocenters. The minimum absolute atomic E-state index is 0.0652. The molecule has 9 heteroatoms. The van der Waals surface area contributed by atoms with Gasteiger partial charge in [-0.2, -0.15) is 0 Å². The third kappa shape index (κ3) is 51.1. The van der Waals surface area contributed by atoms with E-state index in [2.05, 4.69) is 19.2 Å². The number of nitrogens with zero attached hydrogens (tertiary/aromatic N) is 1. The Morgan fingerprint density at radius 2 is 0.803 bits per heavy atom. The van der Waals surface area contributed by atoms with Crippen LogP contribution in [0.1, 0.15) is 296 Å². The number of rotatable bonds is 54. The van der Waals surface area contributed by atoms with E-state index in [0.29, 0.717) is 17.4 Å². The lowest BCUT2D eigenvalue weighted by molar-refractivity contribution is -0.870. The summed E-state index contributed by atoms with van der Waals surface area (Å²) < 4.78 is 23.7. The minimum Gasteiger partial charge on any atom is -0.387 e. The van der Waals surface area contributed by atoms with Crippen molar-refractivity contribution >= 4 is 13.7 Å². The fourth-order valence-corrected chi connectivity index (χ4v) is 9.66.